The Labute approximate surface area is 159 Å². The number of anilines is 2. The number of hydrogen-bond acceptors (Lipinski definition) is 6. The van der Waals surface area contributed by atoms with Gasteiger partial charge < -0.3 is 10.6 Å². The second-order valence-corrected chi connectivity index (χ2v) is 6.74. The Balaban J connectivity index is 1.72. The number of allylic oxidation sites excluding steroid dienone is 1. The zero-order valence-corrected chi connectivity index (χ0v) is 15.5. The third-order valence-corrected chi connectivity index (χ3v) is 4.78. The molecule has 0 saturated heterocycles. The van der Waals surface area contributed by atoms with Gasteiger partial charge in [-0.15, -0.1) is 0 Å². The maximum Gasteiger partial charge on any atom is 0.353 e. The molecule has 1 aromatic carbocycles. The normalized spacial score (nSPS) is 14.9. The molecule has 0 radical (unpaired) electrons. The molecular weight excluding hydrogens is 342 g/mol. The molecule has 0 aliphatic heterocycles. The fourth-order valence-corrected chi connectivity index (χ4v) is 3.29. The Kier molecular flexibility index (Phi) is 6.35. The van der Waals surface area contributed by atoms with Gasteiger partial charge in [0.15, 0.2) is 0 Å². The van der Waals surface area contributed by atoms with Gasteiger partial charge in [-0.1, -0.05) is 42.0 Å². The fourth-order valence-electron chi connectivity index (χ4n) is 3.29. The highest BCUT2D eigenvalue weighted by molar-refractivity contribution is 5.69. The van der Waals surface area contributed by atoms with Crippen molar-refractivity contribution in [2.75, 3.05) is 17.2 Å². The summed E-state index contributed by atoms with van der Waals surface area (Å²) < 4.78 is 0. The zero-order chi connectivity index (χ0) is 19.1. The lowest BCUT2D eigenvalue weighted by molar-refractivity contribution is -0.383. The van der Waals surface area contributed by atoms with Crippen LogP contribution in [0.3, 0.4) is 0 Å². The molecule has 2 aromatic rings. The molecule has 0 saturated carbocycles. The maximum atomic E-state index is 11.7. The van der Waals surface area contributed by atoms with E-state index >= 15 is 0 Å². The first kappa shape index (κ1) is 18.8. The average Bonchev–Trinajstić information content (AvgIpc) is 2.69. The van der Waals surface area contributed by atoms with Crippen molar-refractivity contribution in [1.29, 1.82) is 0 Å². The second kappa shape index (κ2) is 9.12. The molecule has 1 atom stereocenters. The van der Waals surface area contributed by atoms with Crippen LogP contribution in [-0.2, 0) is 0 Å². The predicted octanol–water partition coefficient (Wildman–Crippen LogP) is 4.86. The third kappa shape index (κ3) is 5.03. The van der Waals surface area contributed by atoms with Crippen LogP contribution >= 0.6 is 0 Å². The van der Waals surface area contributed by atoms with Gasteiger partial charge in [0, 0.05) is 6.54 Å². The number of aromatic nitrogens is 2. The summed E-state index contributed by atoms with van der Waals surface area (Å²) in [6.45, 7) is 2.57. The van der Waals surface area contributed by atoms with Gasteiger partial charge in [-0.05, 0) is 44.6 Å². The highest BCUT2D eigenvalue weighted by atomic mass is 16.6. The fraction of sp³-hybridized carbons (Fsp3) is 0.400. The molecule has 1 aliphatic rings. The van der Waals surface area contributed by atoms with Gasteiger partial charge >= 0.3 is 5.69 Å². The lowest BCUT2D eigenvalue weighted by Crippen LogP contribution is -2.13. The van der Waals surface area contributed by atoms with Crippen LogP contribution in [-0.4, -0.2) is 21.4 Å². The van der Waals surface area contributed by atoms with E-state index in [2.05, 4.69) is 26.7 Å². The van der Waals surface area contributed by atoms with Crippen molar-refractivity contribution in [3.05, 3.63) is 64.0 Å². The van der Waals surface area contributed by atoms with Crippen LogP contribution in [0.2, 0.25) is 0 Å². The van der Waals surface area contributed by atoms with Gasteiger partial charge in [0.1, 0.15) is 6.33 Å². The van der Waals surface area contributed by atoms with Crippen LogP contribution in [0.5, 0.6) is 0 Å². The minimum Gasteiger partial charge on any atom is -0.364 e. The van der Waals surface area contributed by atoms with Crippen LogP contribution in [0.1, 0.15) is 50.6 Å². The lowest BCUT2D eigenvalue weighted by atomic mass is 9.97. The summed E-state index contributed by atoms with van der Waals surface area (Å²) in [5.74, 6) is 0.486. The summed E-state index contributed by atoms with van der Waals surface area (Å²) in [5.41, 5.74) is 2.34. The molecular formula is C20H25N5O2. The van der Waals surface area contributed by atoms with Crippen LogP contribution in [0.15, 0.2) is 48.3 Å². The van der Waals surface area contributed by atoms with E-state index in [0.717, 1.165) is 24.8 Å². The molecule has 3 rings (SSSR count). The summed E-state index contributed by atoms with van der Waals surface area (Å²) in [7, 11) is 0. The van der Waals surface area contributed by atoms with E-state index in [1.54, 1.807) is 0 Å². The topological polar surface area (TPSA) is 93.0 Å². The van der Waals surface area contributed by atoms with E-state index in [1.165, 1.54) is 24.7 Å². The van der Waals surface area contributed by atoms with E-state index < -0.39 is 4.92 Å². The SMILES string of the molecule is CC(Nc1ncnc(NCCC2=CCCCC2)c1[N+](=O)[O-])c1ccccc1. The monoisotopic (exact) mass is 367 g/mol. The van der Waals surface area contributed by atoms with E-state index in [0.29, 0.717) is 6.54 Å². The number of nitrogens with one attached hydrogen (secondary N) is 2. The summed E-state index contributed by atoms with van der Waals surface area (Å²) in [6, 6.07) is 9.65. The Hall–Kier alpha value is -2.96. The summed E-state index contributed by atoms with van der Waals surface area (Å²) in [6.07, 6.45) is 9.25. The van der Waals surface area contributed by atoms with Gasteiger partial charge in [0.2, 0.25) is 11.6 Å². The van der Waals surface area contributed by atoms with Crippen LogP contribution in [0, 0.1) is 10.1 Å². The number of rotatable bonds is 8. The molecule has 0 bridgehead atoms. The van der Waals surface area contributed by atoms with Gasteiger partial charge in [0.05, 0.1) is 11.0 Å². The molecule has 27 heavy (non-hydrogen) atoms. The van der Waals surface area contributed by atoms with E-state index in [-0.39, 0.29) is 23.4 Å². The smallest absolute Gasteiger partial charge is 0.353 e. The average molecular weight is 367 g/mol. The molecule has 1 unspecified atom stereocenters. The van der Waals surface area contributed by atoms with Gasteiger partial charge in [-0.25, -0.2) is 9.97 Å². The minimum absolute atomic E-state index is 0.111. The largest absolute Gasteiger partial charge is 0.364 e. The molecule has 0 amide bonds. The molecule has 1 heterocycles. The molecule has 2 N–H and O–H groups in total. The van der Waals surface area contributed by atoms with Crippen molar-refractivity contribution in [2.45, 2.75) is 45.1 Å². The van der Waals surface area contributed by atoms with E-state index in [1.807, 2.05) is 37.3 Å². The van der Waals surface area contributed by atoms with E-state index in [9.17, 15) is 10.1 Å². The zero-order valence-electron chi connectivity index (χ0n) is 15.5. The summed E-state index contributed by atoms with van der Waals surface area (Å²) >= 11 is 0. The van der Waals surface area contributed by atoms with Crippen molar-refractivity contribution in [1.82, 2.24) is 9.97 Å². The molecule has 1 aromatic heterocycles. The van der Waals surface area contributed by atoms with Crippen molar-refractivity contribution in [3.8, 4) is 0 Å². The predicted molar refractivity (Wildman–Crippen MR) is 107 cm³/mol. The number of nitrogens with zero attached hydrogens (tertiary/aromatic N) is 3. The third-order valence-electron chi connectivity index (χ3n) is 4.78. The minimum atomic E-state index is -0.428. The Bertz CT molecular complexity index is 807. The van der Waals surface area contributed by atoms with Gasteiger partial charge in [0.25, 0.3) is 0 Å². The van der Waals surface area contributed by atoms with Crippen molar-refractivity contribution in [3.63, 3.8) is 0 Å². The molecule has 0 fully saturated rings. The maximum absolute atomic E-state index is 11.7. The molecule has 7 heteroatoms. The standard InChI is InChI=1S/C20H25N5O2/c1-15(17-10-6-3-7-11-17)24-20-18(25(26)27)19(22-14-23-20)21-13-12-16-8-4-2-5-9-16/h3,6-8,10-11,14-15H,2,4-5,9,12-13H2,1H3,(H2,21,22,23,24). The summed E-state index contributed by atoms with van der Waals surface area (Å²) in [5, 5.41) is 17.9. The van der Waals surface area contributed by atoms with Crippen molar-refractivity contribution in [2.24, 2.45) is 0 Å². The molecule has 7 nitrogen and oxygen atoms in total. The second-order valence-electron chi connectivity index (χ2n) is 6.74. The quantitative estimate of drug-likeness (QED) is 0.393. The first-order valence-electron chi connectivity index (χ1n) is 9.38. The van der Waals surface area contributed by atoms with Crippen LogP contribution < -0.4 is 10.6 Å². The number of nitro groups is 1. The van der Waals surface area contributed by atoms with Gasteiger partial charge in [-0.2, -0.15) is 0 Å². The highest BCUT2D eigenvalue weighted by Crippen LogP contribution is 2.31. The Morgan fingerprint density at radius 2 is 1.96 bits per heavy atom. The Morgan fingerprint density at radius 3 is 2.67 bits per heavy atom. The van der Waals surface area contributed by atoms with Crippen molar-refractivity contribution < 1.29 is 4.92 Å². The molecule has 1 aliphatic carbocycles. The van der Waals surface area contributed by atoms with Gasteiger partial charge in [-0.3, -0.25) is 10.1 Å². The molecule has 142 valence electrons. The first-order chi connectivity index (χ1) is 13.1. The first-order valence-corrected chi connectivity index (χ1v) is 9.38. The Morgan fingerprint density at radius 1 is 1.19 bits per heavy atom. The highest BCUT2D eigenvalue weighted by Gasteiger charge is 2.24. The van der Waals surface area contributed by atoms with E-state index in [4.69, 9.17) is 0 Å². The summed E-state index contributed by atoms with van der Waals surface area (Å²) in [4.78, 5) is 19.4. The van der Waals surface area contributed by atoms with Crippen molar-refractivity contribution >= 4 is 17.3 Å². The number of benzene rings is 1. The van der Waals surface area contributed by atoms with Crippen LogP contribution in [0.25, 0.3) is 0 Å². The van der Waals surface area contributed by atoms with Crippen LogP contribution in [0.4, 0.5) is 17.3 Å². The number of hydrogen-bond donors (Lipinski definition) is 2. The lowest BCUT2D eigenvalue weighted by Gasteiger charge is -2.16. The molecule has 0 spiro atoms.